The molecule has 146 valence electrons. The van der Waals surface area contributed by atoms with Crippen molar-refractivity contribution in [3.05, 3.63) is 59.7 Å². The molecule has 0 spiro atoms. The van der Waals surface area contributed by atoms with E-state index in [-0.39, 0.29) is 16.5 Å². The molecule has 2 aromatic rings. The van der Waals surface area contributed by atoms with Gasteiger partial charge in [-0.15, -0.1) is 0 Å². The molecule has 0 radical (unpaired) electrons. The number of carbonyl (C=O) groups is 2. The van der Waals surface area contributed by atoms with Crippen LogP contribution < -0.4 is 9.46 Å². The SMILES string of the molecule is COc1ccc(C(=O)[C@@H](C)OC(=O)CN=C2NS(=O)(=O)c3ccccc32)cc1. The maximum atomic E-state index is 12.3. The van der Waals surface area contributed by atoms with Crippen LogP contribution in [0.1, 0.15) is 22.8 Å². The van der Waals surface area contributed by atoms with Crippen molar-refractivity contribution in [2.75, 3.05) is 13.7 Å². The summed E-state index contributed by atoms with van der Waals surface area (Å²) in [5.74, 6) is -0.431. The number of sulfonamides is 1. The summed E-state index contributed by atoms with van der Waals surface area (Å²) in [5.41, 5.74) is 0.766. The molecule has 0 bridgehead atoms. The van der Waals surface area contributed by atoms with Crippen LogP contribution in [0.2, 0.25) is 0 Å². The fourth-order valence-corrected chi connectivity index (χ4v) is 3.92. The van der Waals surface area contributed by atoms with Gasteiger partial charge in [-0.2, -0.15) is 0 Å². The normalized spacial score (nSPS) is 16.7. The molecule has 0 saturated carbocycles. The molecule has 9 heteroatoms. The summed E-state index contributed by atoms with van der Waals surface area (Å²) in [6, 6.07) is 12.7. The Balaban J connectivity index is 1.64. The average molecular weight is 402 g/mol. The number of ketones is 1. The third-order valence-corrected chi connectivity index (χ3v) is 5.48. The van der Waals surface area contributed by atoms with Crippen molar-refractivity contribution in [2.24, 2.45) is 4.99 Å². The molecule has 3 rings (SSSR count). The van der Waals surface area contributed by atoms with Crippen molar-refractivity contribution in [3.8, 4) is 5.75 Å². The van der Waals surface area contributed by atoms with Gasteiger partial charge in [-0.1, -0.05) is 12.1 Å². The second kappa shape index (κ2) is 7.81. The van der Waals surface area contributed by atoms with Gasteiger partial charge in [0.2, 0.25) is 5.78 Å². The second-order valence-electron chi connectivity index (χ2n) is 5.99. The highest BCUT2D eigenvalue weighted by atomic mass is 32.2. The van der Waals surface area contributed by atoms with Gasteiger partial charge in [0, 0.05) is 11.1 Å². The molecule has 1 aliphatic rings. The Hall–Kier alpha value is -3.20. The highest BCUT2D eigenvalue weighted by Gasteiger charge is 2.30. The van der Waals surface area contributed by atoms with E-state index in [0.717, 1.165) is 0 Å². The van der Waals surface area contributed by atoms with Gasteiger partial charge in [-0.25, -0.2) is 8.42 Å². The zero-order valence-corrected chi connectivity index (χ0v) is 16.0. The van der Waals surface area contributed by atoms with Crippen molar-refractivity contribution in [1.82, 2.24) is 4.72 Å². The molecule has 1 N–H and O–H groups in total. The van der Waals surface area contributed by atoms with Gasteiger partial charge < -0.3 is 9.47 Å². The summed E-state index contributed by atoms with van der Waals surface area (Å²) in [7, 11) is -2.16. The first-order valence-corrected chi connectivity index (χ1v) is 9.84. The zero-order chi connectivity index (χ0) is 20.3. The quantitative estimate of drug-likeness (QED) is 0.580. The molecule has 0 aromatic heterocycles. The molecule has 0 unspecified atom stereocenters. The van der Waals surface area contributed by atoms with E-state index >= 15 is 0 Å². The zero-order valence-electron chi connectivity index (χ0n) is 15.2. The molecule has 0 aliphatic carbocycles. The molecule has 0 amide bonds. The number of hydrogen-bond acceptors (Lipinski definition) is 7. The van der Waals surface area contributed by atoms with Crippen LogP contribution in [0.5, 0.6) is 5.75 Å². The summed E-state index contributed by atoms with van der Waals surface area (Å²) in [5, 5.41) is 0. The summed E-state index contributed by atoms with van der Waals surface area (Å²) in [6.45, 7) is 1.04. The van der Waals surface area contributed by atoms with Crippen molar-refractivity contribution in [1.29, 1.82) is 0 Å². The molecule has 2 aromatic carbocycles. The number of methoxy groups -OCH3 is 1. The number of Topliss-reactive ketones (excluding diaryl/α,β-unsaturated/α-hetero) is 1. The first-order valence-electron chi connectivity index (χ1n) is 8.36. The first kappa shape index (κ1) is 19.6. The van der Waals surface area contributed by atoms with Crippen molar-refractivity contribution in [3.63, 3.8) is 0 Å². The van der Waals surface area contributed by atoms with Gasteiger partial charge >= 0.3 is 5.97 Å². The number of nitrogens with zero attached hydrogens (tertiary/aromatic N) is 1. The third-order valence-electron chi connectivity index (χ3n) is 4.08. The number of benzene rings is 2. The van der Waals surface area contributed by atoms with Crippen molar-refractivity contribution in [2.45, 2.75) is 17.9 Å². The van der Waals surface area contributed by atoms with Crippen LogP contribution in [-0.2, 0) is 19.6 Å². The number of hydrogen-bond donors (Lipinski definition) is 1. The Morgan fingerprint density at radius 2 is 1.79 bits per heavy atom. The van der Waals surface area contributed by atoms with Crippen LogP contribution in [0, 0.1) is 0 Å². The molecule has 0 fully saturated rings. The van der Waals surface area contributed by atoms with Gasteiger partial charge in [0.15, 0.2) is 6.10 Å². The molecule has 0 saturated heterocycles. The van der Waals surface area contributed by atoms with E-state index in [1.807, 2.05) is 0 Å². The molecule has 1 heterocycles. The minimum Gasteiger partial charge on any atom is -0.497 e. The monoisotopic (exact) mass is 402 g/mol. The molecule has 1 aliphatic heterocycles. The number of fused-ring (bicyclic) bond motifs is 1. The molecule has 28 heavy (non-hydrogen) atoms. The Morgan fingerprint density at radius 3 is 2.46 bits per heavy atom. The molecular weight excluding hydrogens is 384 g/mol. The number of esters is 1. The highest BCUT2D eigenvalue weighted by Crippen LogP contribution is 2.22. The Kier molecular flexibility index (Phi) is 5.46. The molecule has 8 nitrogen and oxygen atoms in total. The van der Waals surface area contributed by atoms with Crippen molar-refractivity contribution < 1.29 is 27.5 Å². The minimum atomic E-state index is -3.68. The maximum Gasteiger partial charge on any atom is 0.328 e. The van der Waals surface area contributed by atoms with E-state index in [1.165, 1.54) is 20.1 Å². The number of aliphatic imine (C=N–C) groups is 1. The van der Waals surface area contributed by atoms with Gasteiger partial charge in [0.25, 0.3) is 10.0 Å². The lowest BCUT2D eigenvalue weighted by Crippen LogP contribution is -2.27. The second-order valence-corrected chi connectivity index (χ2v) is 7.64. The van der Waals surface area contributed by atoms with Gasteiger partial charge in [0.05, 0.1) is 12.0 Å². The largest absolute Gasteiger partial charge is 0.497 e. The smallest absolute Gasteiger partial charge is 0.328 e. The van der Waals surface area contributed by atoms with Gasteiger partial charge in [0.1, 0.15) is 18.1 Å². The number of carbonyl (C=O) groups excluding carboxylic acids is 2. The minimum absolute atomic E-state index is 0.0710. The van der Waals surface area contributed by atoms with Crippen LogP contribution in [-0.4, -0.2) is 45.8 Å². The van der Waals surface area contributed by atoms with E-state index < -0.39 is 28.6 Å². The van der Waals surface area contributed by atoms with Gasteiger partial charge in [-0.05, 0) is 43.3 Å². The van der Waals surface area contributed by atoms with Crippen molar-refractivity contribution >= 4 is 27.6 Å². The lowest BCUT2D eigenvalue weighted by molar-refractivity contribution is -0.144. The van der Waals surface area contributed by atoms with E-state index in [4.69, 9.17) is 9.47 Å². The third kappa shape index (κ3) is 4.04. The van der Waals surface area contributed by atoms with E-state index in [1.54, 1.807) is 42.5 Å². The standard InChI is InChI=1S/C19H18N2O6S/c1-12(18(23)13-7-9-14(26-2)10-8-13)27-17(22)11-20-19-15-5-3-4-6-16(15)28(24,25)21-19/h3-10,12H,11H2,1-2H3,(H,20,21)/t12-/m1/s1. The Labute approximate surface area is 162 Å². The number of amidine groups is 1. The van der Waals surface area contributed by atoms with Crippen LogP contribution in [0.4, 0.5) is 0 Å². The lowest BCUT2D eigenvalue weighted by atomic mass is 10.1. The number of ether oxygens (including phenoxy) is 2. The van der Waals surface area contributed by atoms with Crippen LogP contribution in [0.3, 0.4) is 0 Å². The Bertz CT molecular complexity index is 1040. The van der Waals surface area contributed by atoms with Crippen LogP contribution in [0.15, 0.2) is 58.4 Å². The lowest BCUT2D eigenvalue weighted by Gasteiger charge is -2.12. The van der Waals surface area contributed by atoms with Crippen LogP contribution >= 0.6 is 0 Å². The number of rotatable bonds is 6. The predicted molar refractivity (Wildman–Crippen MR) is 101 cm³/mol. The van der Waals surface area contributed by atoms with E-state index in [9.17, 15) is 18.0 Å². The van der Waals surface area contributed by atoms with Crippen LogP contribution in [0.25, 0.3) is 0 Å². The summed E-state index contributed by atoms with van der Waals surface area (Å²) in [6.07, 6.45) is -1.01. The van der Waals surface area contributed by atoms with E-state index in [2.05, 4.69) is 9.71 Å². The fourth-order valence-electron chi connectivity index (χ4n) is 2.67. The van der Waals surface area contributed by atoms with E-state index in [0.29, 0.717) is 16.9 Å². The topological polar surface area (TPSA) is 111 Å². The highest BCUT2D eigenvalue weighted by molar-refractivity contribution is 7.90. The predicted octanol–water partition coefficient (Wildman–Crippen LogP) is 1.55. The summed E-state index contributed by atoms with van der Waals surface area (Å²) < 4.78 is 36.5. The molecular formula is C19H18N2O6S. The summed E-state index contributed by atoms with van der Waals surface area (Å²) in [4.78, 5) is 28.5. The first-order chi connectivity index (χ1) is 13.3. The van der Waals surface area contributed by atoms with Gasteiger partial charge in [-0.3, -0.25) is 19.3 Å². The fraction of sp³-hybridized carbons (Fsp3) is 0.211. The average Bonchev–Trinajstić information content (AvgIpc) is 2.96. The summed E-state index contributed by atoms with van der Waals surface area (Å²) >= 11 is 0. The Morgan fingerprint density at radius 1 is 1.11 bits per heavy atom. The molecule has 1 atom stereocenters. The number of nitrogens with one attached hydrogen (secondary N) is 1. The maximum absolute atomic E-state index is 12.3.